The van der Waals surface area contributed by atoms with E-state index in [2.05, 4.69) is 35.5 Å². The molecular formula is C16H24N2O. The standard InChI is InChI=1S/C16H24N2O/c1-18-9-2-4-14-10-13(5-6-15(14)18)11-17-12-16(19)7-3-8-16/h5-6,10,17,19H,2-4,7-9,11-12H2,1H3. The van der Waals surface area contributed by atoms with Gasteiger partial charge in [-0.2, -0.15) is 0 Å². The van der Waals surface area contributed by atoms with Crippen molar-refractivity contribution in [3.05, 3.63) is 29.3 Å². The molecule has 104 valence electrons. The lowest BCUT2D eigenvalue weighted by molar-refractivity contribution is -0.0314. The van der Waals surface area contributed by atoms with Gasteiger partial charge in [0.25, 0.3) is 0 Å². The van der Waals surface area contributed by atoms with Crippen LogP contribution in [0.15, 0.2) is 18.2 Å². The second kappa shape index (κ2) is 5.14. The monoisotopic (exact) mass is 260 g/mol. The lowest BCUT2D eigenvalue weighted by Crippen LogP contribution is -2.45. The maximum atomic E-state index is 10.0. The highest BCUT2D eigenvalue weighted by Crippen LogP contribution is 2.31. The molecule has 3 heteroatoms. The number of hydrogen-bond acceptors (Lipinski definition) is 3. The van der Waals surface area contributed by atoms with Crippen LogP contribution in [-0.4, -0.2) is 30.8 Å². The lowest BCUT2D eigenvalue weighted by Gasteiger charge is -2.36. The number of fused-ring (bicyclic) bond motifs is 1. The molecule has 0 amide bonds. The minimum Gasteiger partial charge on any atom is -0.389 e. The van der Waals surface area contributed by atoms with Crippen molar-refractivity contribution in [3.63, 3.8) is 0 Å². The number of rotatable bonds is 4. The second-order valence-corrected chi connectivity index (χ2v) is 6.17. The molecule has 1 aromatic carbocycles. The van der Waals surface area contributed by atoms with Crippen LogP contribution in [0.2, 0.25) is 0 Å². The molecule has 0 bridgehead atoms. The van der Waals surface area contributed by atoms with E-state index >= 15 is 0 Å². The number of hydrogen-bond donors (Lipinski definition) is 2. The summed E-state index contributed by atoms with van der Waals surface area (Å²) in [4.78, 5) is 2.34. The number of nitrogens with one attached hydrogen (secondary N) is 1. The SMILES string of the molecule is CN1CCCc2cc(CNCC3(O)CCC3)ccc21. The van der Waals surface area contributed by atoms with E-state index in [1.165, 1.54) is 36.1 Å². The molecule has 0 saturated heterocycles. The highest BCUT2D eigenvalue weighted by atomic mass is 16.3. The number of aliphatic hydroxyl groups is 1. The van der Waals surface area contributed by atoms with E-state index in [9.17, 15) is 5.11 Å². The number of nitrogens with zero attached hydrogens (tertiary/aromatic N) is 1. The molecule has 0 atom stereocenters. The zero-order chi connectivity index (χ0) is 13.3. The molecule has 0 aromatic heterocycles. The van der Waals surface area contributed by atoms with Crippen LogP contribution >= 0.6 is 0 Å². The van der Waals surface area contributed by atoms with Crippen molar-refractivity contribution in [2.45, 2.75) is 44.2 Å². The molecule has 0 radical (unpaired) electrons. The number of benzene rings is 1. The molecule has 19 heavy (non-hydrogen) atoms. The predicted octanol–water partition coefficient (Wildman–Crippen LogP) is 2.07. The molecule has 1 aromatic rings. The van der Waals surface area contributed by atoms with Crippen molar-refractivity contribution in [3.8, 4) is 0 Å². The van der Waals surface area contributed by atoms with Crippen molar-refractivity contribution in [1.29, 1.82) is 0 Å². The van der Waals surface area contributed by atoms with E-state index in [0.717, 1.165) is 32.5 Å². The number of anilines is 1. The van der Waals surface area contributed by atoms with Gasteiger partial charge in [-0.05, 0) is 49.3 Å². The Hall–Kier alpha value is -1.06. The van der Waals surface area contributed by atoms with Gasteiger partial charge < -0.3 is 15.3 Å². The van der Waals surface area contributed by atoms with Crippen molar-refractivity contribution in [2.24, 2.45) is 0 Å². The summed E-state index contributed by atoms with van der Waals surface area (Å²) in [5.41, 5.74) is 3.76. The third-order valence-corrected chi connectivity index (χ3v) is 4.56. The van der Waals surface area contributed by atoms with Crippen molar-refractivity contribution in [1.82, 2.24) is 5.32 Å². The first kappa shape index (κ1) is 12.9. The van der Waals surface area contributed by atoms with Crippen LogP contribution in [0.3, 0.4) is 0 Å². The second-order valence-electron chi connectivity index (χ2n) is 6.17. The summed E-state index contributed by atoms with van der Waals surface area (Å²) >= 11 is 0. The van der Waals surface area contributed by atoms with Gasteiger partial charge in [-0.1, -0.05) is 12.1 Å². The molecule has 0 spiro atoms. The Labute approximate surface area is 115 Å². The van der Waals surface area contributed by atoms with Gasteiger partial charge in [-0.15, -0.1) is 0 Å². The lowest BCUT2D eigenvalue weighted by atomic mass is 9.80. The third kappa shape index (κ3) is 2.77. The van der Waals surface area contributed by atoms with E-state index in [4.69, 9.17) is 0 Å². The van der Waals surface area contributed by atoms with Crippen LogP contribution in [0.1, 0.15) is 36.8 Å². The first-order chi connectivity index (χ1) is 9.16. The molecule has 3 nitrogen and oxygen atoms in total. The van der Waals surface area contributed by atoms with E-state index in [0.29, 0.717) is 0 Å². The van der Waals surface area contributed by atoms with Crippen LogP contribution in [0.25, 0.3) is 0 Å². The Balaban J connectivity index is 1.59. The first-order valence-corrected chi connectivity index (χ1v) is 7.42. The van der Waals surface area contributed by atoms with Gasteiger partial charge >= 0.3 is 0 Å². The Kier molecular flexibility index (Phi) is 3.50. The molecule has 1 aliphatic carbocycles. The van der Waals surface area contributed by atoms with Crippen LogP contribution in [-0.2, 0) is 13.0 Å². The average Bonchev–Trinajstić information content (AvgIpc) is 2.37. The molecule has 1 fully saturated rings. The van der Waals surface area contributed by atoms with Crippen LogP contribution in [0, 0.1) is 0 Å². The molecule has 2 N–H and O–H groups in total. The molecule has 2 aliphatic rings. The van der Waals surface area contributed by atoms with Gasteiger partial charge in [0.15, 0.2) is 0 Å². The number of aryl methyl sites for hydroxylation is 1. The summed E-state index contributed by atoms with van der Waals surface area (Å²) in [7, 11) is 2.17. The van der Waals surface area contributed by atoms with E-state index in [-0.39, 0.29) is 0 Å². The molecule has 1 heterocycles. The summed E-state index contributed by atoms with van der Waals surface area (Å²) in [6.07, 6.45) is 5.52. The fraction of sp³-hybridized carbons (Fsp3) is 0.625. The summed E-state index contributed by atoms with van der Waals surface area (Å²) < 4.78 is 0. The highest BCUT2D eigenvalue weighted by Gasteiger charge is 2.33. The maximum Gasteiger partial charge on any atom is 0.0771 e. The largest absolute Gasteiger partial charge is 0.389 e. The van der Waals surface area contributed by atoms with E-state index < -0.39 is 5.60 Å². The summed E-state index contributed by atoms with van der Waals surface area (Å²) in [6.45, 7) is 2.75. The summed E-state index contributed by atoms with van der Waals surface area (Å²) in [5.74, 6) is 0. The van der Waals surface area contributed by atoms with Gasteiger partial charge in [0.2, 0.25) is 0 Å². The zero-order valence-electron chi connectivity index (χ0n) is 11.8. The van der Waals surface area contributed by atoms with Gasteiger partial charge in [0.05, 0.1) is 5.60 Å². The Morgan fingerprint density at radius 1 is 1.32 bits per heavy atom. The van der Waals surface area contributed by atoms with Gasteiger partial charge in [-0.25, -0.2) is 0 Å². The molecule has 3 rings (SSSR count). The predicted molar refractivity (Wildman–Crippen MR) is 78.5 cm³/mol. The normalized spacial score (nSPS) is 20.8. The van der Waals surface area contributed by atoms with Crippen molar-refractivity contribution >= 4 is 5.69 Å². The Bertz CT molecular complexity index is 454. The van der Waals surface area contributed by atoms with Gasteiger partial charge in [-0.3, -0.25) is 0 Å². The minimum absolute atomic E-state index is 0.422. The molecule has 0 unspecified atom stereocenters. The van der Waals surface area contributed by atoms with Crippen LogP contribution < -0.4 is 10.2 Å². The van der Waals surface area contributed by atoms with Gasteiger partial charge in [0, 0.05) is 32.4 Å². The maximum absolute atomic E-state index is 10.0. The minimum atomic E-state index is -0.422. The first-order valence-electron chi connectivity index (χ1n) is 7.42. The quantitative estimate of drug-likeness (QED) is 0.870. The summed E-state index contributed by atoms with van der Waals surface area (Å²) in [6, 6.07) is 6.77. The van der Waals surface area contributed by atoms with Crippen LogP contribution in [0.5, 0.6) is 0 Å². The van der Waals surface area contributed by atoms with Crippen LogP contribution in [0.4, 0.5) is 5.69 Å². The molecular weight excluding hydrogens is 236 g/mol. The smallest absolute Gasteiger partial charge is 0.0771 e. The highest BCUT2D eigenvalue weighted by molar-refractivity contribution is 5.56. The van der Waals surface area contributed by atoms with E-state index in [1.807, 2.05) is 0 Å². The third-order valence-electron chi connectivity index (χ3n) is 4.56. The fourth-order valence-corrected chi connectivity index (χ4v) is 3.15. The van der Waals surface area contributed by atoms with Crippen molar-refractivity contribution in [2.75, 3.05) is 25.0 Å². The average molecular weight is 260 g/mol. The van der Waals surface area contributed by atoms with Crippen molar-refractivity contribution < 1.29 is 5.11 Å². The Morgan fingerprint density at radius 2 is 2.16 bits per heavy atom. The Morgan fingerprint density at radius 3 is 2.89 bits per heavy atom. The zero-order valence-corrected chi connectivity index (χ0v) is 11.8. The molecule has 1 saturated carbocycles. The topological polar surface area (TPSA) is 35.5 Å². The van der Waals surface area contributed by atoms with E-state index in [1.54, 1.807) is 0 Å². The summed E-state index contributed by atoms with van der Waals surface area (Å²) in [5, 5.41) is 13.4. The fourth-order valence-electron chi connectivity index (χ4n) is 3.15. The van der Waals surface area contributed by atoms with Gasteiger partial charge in [0.1, 0.15) is 0 Å². The molecule has 1 aliphatic heterocycles.